The van der Waals surface area contributed by atoms with Crippen LogP contribution in [0, 0.1) is 5.82 Å². The SMILES string of the molecule is O=c1[nH]c2cc(C=C3c4ccc(F)cc4OCc4ncccc43)ccc2n1CCN1CCOCC1. The standard InChI is InChI=1S/C27H25FN4O3/c28-19-4-5-21-22(20-2-1-7-29-24(20)17-35-26(21)16-19)14-18-3-6-25-23(15-18)30-27(33)32(25)9-8-31-10-12-34-13-11-31/h1-7,14-16H,8-13,17H2,(H,30,33). The first-order valence-electron chi connectivity index (χ1n) is 11.8. The summed E-state index contributed by atoms with van der Waals surface area (Å²) in [7, 11) is 0. The van der Waals surface area contributed by atoms with Crippen molar-refractivity contribution in [2.75, 3.05) is 32.8 Å². The fourth-order valence-electron chi connectivity index (χ4n) is 4.81. The monoisotopic (exact) mass is 472 g/mol. The van der Waals surface area contributed by atoms with E-state index in [2.05, 4.69) is 14.9 Å². The van der Waals surface area contributed by atoms with E-state index in [0.29, 0.717) is 12.3 Å². The molecule has 2 aliphatic rings. The maximum Gasteiger partial charge on any atom is 0.326 e. The van der Waals surface area contributed by atoms with Gasteiger partial charge in [0.25, 0.3) is 0 Å². The van der Waals surface area contributed by atoms with Crippen molar-refractivity contribution in [1.82, 2.24) is 19.4 Å². The smallest absolute Gasteiger partial charge is 0.326 e. The number of H-pyrrole nitrogens is 1. The molecule has 178 valence electrons. The average molecular weight is 473 g/mol. The summed E-state index contributed by atoms with van der Waals surface area (Å²) >= 11 is 0. The number of hydrogen-bond donors (Lipinski definition) is 1. The maximum atomic E-state index is 13.9. The lowest BCUT2D eigenvalue weighted by Gasteiger charge is -2.26. The molecule has 1 N–H and O–H groups in total. The molecule has 1 fully saturated rings. The minimum Gasteiger partial charge on any atom is -0.487 e. The van der Waals surface area contributed by atoms with Crippen LogP contribution in [0.3, 0.4) is 0 Å². The number of hydrogen-bond acceptors (Lipinski definition) is 5. The number of morpholine rings is 1. The minimum atomic E-state index is -0.348. The number of rotatable bonds is 4. The Hall–Kier alpha value is -3.75. The van der Waals surface area contributed by atoms with Crippen molar-refractivity contribution >= 4 is 22.7 Å². The number of ether oxygens (including phenoxy) is 2. The molecule has 4 aromatic rings. The third-order valence-electron chi connectivity index (χ3n) is 6.63. The van der Waals surface area contributed by atoms with E-state index < -0.39 is 0 Å². The van der Waals surface area contributed by atoms with Crippen LogP contribution in [0.15, 0.2) is 59.5 Å². The van der Waals surface area contributed by atoms with Gasteiger partial charge in [-0.15, -0.1) is 0 Å². The summed E-state index contributed by atoms with van der Waals surface area (Å²) in [4.78, 5) is 22.5. The van der Waals surface area contributed by atoms with Crippen LogP contribution >= 0.6 is 0 Å². The molecule has 0 radical (unpaired) electrons. The lowest BCUT2D eigenvalue weighted by atomic mass is 9.94. The summed E-state index contributed by atoms with van der Waals surface area (Å²) in [6.45, 7) is 4.94. The molecule has 2 aliphatic heterocycles. The molecule has 0 amide bonds. The third kappa shape index (κ3) is 4.26. The second-order valence-corrected chi connectivity index (χ2v) is 8.80. The van der Waals surface area contributed by atoms with Crippen LogP contribution in [0.2, 0.25) is 0 Å². The van der Waals surface area contributed by atoms with Crippen molar-refractivity contribution in [3.8, 4) is 5.75 Å². The van der Waals surface area contributed by atoms with E-state index in [1.54, 1.807) is 16.8 Å². The van der Waals surface area contributed by atoms with E-state index >= 15 is 0 Å². The van der Waals surface area contributed by atoms with E-state index in [1.807, 2.05) is 36.4 Å². The van der Waals surface area contributed by atoms with Crippen LogP contribution in [0.25, 0.3) is 22.7 Å². The first-order chi connectivity index (χ1) is 17.2. The van der Waals surface area contributed by atoms with Crippen LogP contribution in [-0.2, 0) is 17.9 Å². The van der Waals surface area contributed by atoms with E-state index in [1.165, 1.54) is 12.1 Å². The van der Waals surface area contributed by atoms with Gasteiger partial charge in [0, 0.05) is 49.6 Å². The van der Waals surface area contributed by atoms with Gasteiger partial charge in [0.15, 0.2) is 0 Å². The number of nitrogens with one attached hydrogen (secondary N) is 1. The van der Waals surface area contributed by atoms with Gasteiger partial charge in [0.1, 0.15) is 18.2 Å². The number of aromatic nitrogens is 3. The Kier molecular flexibility index (Phi) is 5.67. The molecule has 0 unspecified atom stereocenters. The van der Waals surface area contributed by atoms with Crippen molar-refractivity contribution < 1.29 is 13.9 Å². The van der Waals surface area contributed by atoms with Gasteiger partial charge in [-0.1, -0.05) is 12.1 Å². The lowest BCUT2D eigenvalue weighted by molar-refractivity contribution is 0.0364. The molecule has 6 rings (SSSR count). The number of halogens is 1. The zero-order chi connectivity index (χ0) is 23.8. The lowest BCUT2D eigenvalue weighted by Crippen LogP contribution is -2.39. The number of pyridine rings is 1. The Morgan fingerprint density at radius 2 is 1.94 bits per heavy atom. The molecule has 7 nitrogen and oxygen atoms in total. The predicted molar refractivity (Wildman–Crippen MR) is 132 cm³/mol. The molecule has 0 saturated carbocycles. The summed E-state index contributed by atoms with van der Waals surface area (Å²) < 4.78 is 27.0. The quantitative estimate of drug-likeness (QED) is 0.491. The molecule has 0 spiro atoms. The van der Waals surface area contributed by atoms with E-state index in [9.17, 15) is 9.18 Å². The highest BCUT2D eigenvalue weighted by molar-refractivity contribution is 5.95. The van der Waals surface area contributed by atoms with Crippen molar-refractivity contribution in [2.45, 2.75) is 13.2 Å². The summed E-state index contributed by atoms with van der Waals surface area (Å²) in [5.74, 6) is 0.137. The third-order valence-corrected chi connectivity index (χ3v) is 6.63. The number of nitrogens with zero attached hydrogens (tertiary/aromatic N) is 3. The first-order valence-corrected chi connectivity index (χ1v) is 11.8. The van der Waals surface area contributed by atoms with E-state index in [-0.39, 0.29) is 18.1 Å². The molecule has 0 bridgehead atoms. The number of aromatic amines is 1. The van der Waals surface area contributed by atoms with Gasteiger partial charge in [-0.05, 0) is 47.5 Å². The van der Waals surface area contributed by atoms with Crippen LogP contribution in [-0.4, -0.2) is 52.3 Å². The normalized spacial score (nSPS) is 17.1. The Labute approximate surface area is 201 Å². The molecule has 1 saturated heterocycles. The highest BCUT2D eigenvalue weighted by atomic mass is 19.1. The fraction of sp³-hybridized carbons (Fsp3) is 0.259. The highest BCUT2D eigenvalue weighted by Crippen LogP contribution is 2.37. The second-order valence-electron chi connectivity index (χ2n) is 8.80. The molecular formula is C27H25FN4O3. The largest absolute Gasteiger partial charge is 0.487 e. The Morgan fingerprint density at radius 1 is 1.06 bits per heavy atom. The van der Waals surface area contributed by atoms with Gasteiger partial charge < -0.3 is 14.5 Å². The molecule has 0 atom stereocenters. The molecule has 4 heterocycles. The predicted octanol–water partition coefficient (Wildman–Crippen LogP) is 3.68. The van der Waals surface area contributed by atoms with Gasteiger partial charge in [0.05, 0.1) is 29.9 Å². The number of fused-ring (bicyclic) bond motifs is 3. The van der Waals surface area contributed by atoms with Gasteiger partial charge in [0.2, 0.25) is 0 Å². The summed E-state index contributed by atoms with van der Waals surface area (Å²) in [5.41, 5.74) is 5.89. The van der Waals surface area contributed by atoms with E-state index in [4.69, 9.17) is 9.47 Å². The molecule has 2 aromatic heterocycles. The van der Waals surface area contributed by atoms with Gasteiger partial charge in [-0.3, -0.25) is 14.5 Å². The van der Waals surface area contributed by atoms with Crippen LogP contribution in [0.1, 0.15) is 22.4 Å². The van der Waals surface area contributed by atoms with Gasteiger partial charge >= 0.3 is 5.69 Å². The van der Waals surface area contributed by atoms with Gasteiger partial charge in [-0.25, -0.2) is 9.18 Å². The molecule has 2 aromatic carbocycles. The van der Waals surface area contributed by atoms with Crippen LogP contribution < -0.4 is 10.4 Å². The van der Waals surface area contributed by atoms with Crippen molar-refractivity contribution in [1.29, 1.82) is 0 Å². The number of benzene rings is 2. The van der Waals surface area contributed by atoms with Crippen LogP contribution in [0.4, 0.5) is 4.39 Å². The molecular weight excluding hydrogens is 447 g/mol. The summed E-state index contributed by atoms with van der Waals surface area (Å²) in [6.07, 6.45) is 3.77. The zero-order valence-electron chi connectivity index (χ0n) is 19.2. The molecule has 35 heavy (non-hydrogen) atoms. The van der Waals surface area contributed by atoms with Crippen molar-refractivity contribution in [3.05, 3.63) is 93.4 Å². The van der Waals surface area contributed by atoms with Crippen LogP contribution in [0.5, 0.6) is 5.75 Å². The number of imidazole rings is 1. The minimum absolute atomic E-state index is 0.115. The highest BCUT2D eigenvalue weighted by Gasteiger charge is 2.21. The summed E-state index contributed by atoms with van der Waals surface area (Å²) in [6, 6.07) is 14.4. The Bertz CT molecular complexity index is 1480. The van der Waals surface area contributed by atoms with Gasteiger partial charge in [-0.2, -0.15) is 0 Å². The first kappa shape index (κ1) is 21.8. The Morgan fingerprint density at radius 3 is 2.83 bits per heavy atom. The molecule has 8 heteroatoms. The van der Waals surface area contributed by atoms with Crippen molar-refractivity contribution in [2.24, 2.45) is 0 Å². The topological polar surface area (TPSA) is 72.4 Å². The average Bonchev–Trinajstić information content (AvgIpc) is 3.11. The zero-order valence-corrected chi connectivity index (χ0v) is 19.2. The maximum absolute atomic E-state index is 13.9. The van der Waals surface area contributed by atoms with Crippen molar-refractivity contribution in [3.63, 3.8) is 0 Å². The second kappa shape index (κ2) is 9.13. The van der Waals surface area contributed by atoms with E-state index in [0.717, 1.165) is 71.8 Å². The summed E-state index contributed by atoms with van der Waals surface area (Å²) in [5, 5.41) is 0. The molecule has 0 aliphatic carbocycles. The fourth-order valence-corrected chi connectivity index (χ4v) is 4.81. The Balaban J connectivity index is 1.38.